The standard InChI is InChI=1S/C13H19N3O3/c1-13(6-8-19-9-7-13)15-11-5-3-4-10(14-2)12(11)16(17)18/h3-5,14-15H,6-9H2,1-2H3. The number of nitro benzene ring substituents is 1. The number of nitrogens with one attached hydrogen (secondary N) is 2. The number of hydrogen-bond donors (Lipinski definition) is 2. The van der Waals surface area contributed by atoms with Gasteiger partial charge < -0.3 is 15.4 Å². The lowest BCUT2D eigenvalue weighted by Crippen LogP contribution is -2.40. The van der Waals surface area contributed by atoms with E-state index in [9.17, 15) is 10.1 Å². The molecular formula is C13H19N3O3. The Morgan fingerprint density at radius 1 is 1.32 bits per heavy atom. The summed E-state index contributed by atoms with van der Waals surface area (Å²) in [6, 6.07) is 5.26. The van der Waals surface area contributed by atoms with Gasteiger partial charge in [0, 0.05) is 25.8 Å². The molecule has 0 aromatic heterocycles. The second-order valence-electron chi connectivity index (χ2n) is 5.01. The summed E-state index contributed by atoms with van der Waals surface area (Å²) in [5, 5.41) is 17.4. The SMILES string of the molecule is CNc1cccc(NC2(C)CCOCC2)c1[N+](=O)[O-]. The quantitative estimate of drug-likeness (QED) is 0.646. The zero-order valence-electron chi connectivity index (χ0n) is 11.2. The molecule has 2 rings (SSSR count). The molecule has 1 aromatic carbocycles. The molecule has 19 heavy (non-hydrogen) atoms. The van der Waals surface area contributed by atoms with E-state index >= 15 is 0 Å². The van der Waals surface area contributed by atoms with Crippen molar-refractivity contribution in [1.29, 1.82) is 0 Å². The summed E-state index contributed by atoms with van der Waals surface area (Å²) in [7, 11) is 1.68. The Morgan fingerprint density at radius 2 is 1.95 bits per heavy atom. The molecule has 1 aliphatic heterocycles. The Hall–Kier alpha value is -1.82. The van der Waals surface area contributed by atoms with Gasteiger partial charge in [0.2, 0.25) is 0 Å². The van der Waals surface area contributed by atoms with Crippen LogP contribution in [0.5, 0.6) is 0 Å². The summed E-state index contributed by atoms with van der Waals surface area (Å²) in [5.74, 6) is 0. The van der Waals surface area contributed by atoms with E-state index in [4.69, 9.17) is 4.74 Å². The largest absolute Gasteiger partial charge is 0.382 e. The molecule has 0 amide bonds. The van der Waals surface area contributed by atoms with Crippen LogP contribution >= 0.6 is 0 Å². The van der Waals surface area contributed by atoms with Gasteiger partial charge in [-0.05, 0) is 31.9 Å². The zero-order valence-corrected chi connectivity index (χ0v) is 11.2. The van der Waals surface area contributed by atoms with Crippen LogP contribution < -0.4 is 10.6 Å². The zero-order chi connectivity index (χ0) is 13.9. The van der Waals surface area contributed by atoms with Gasteiger partial charge in [0.15, 0.2) is 0 Å². The van der Waals surface area contributed by atoms with Crippen LogP contribution in [0.4, 0.5) is 17.1 Å². The van der Waals surface area contributed by atoms with Crippen molar-refractivity contribution in [3.63, 3.8) is 0 Å². The summed E-state index contributed by atoms with van der Waals surface area (Å²) in [6.45, 7) is 3.44. The number of rotatable bonds is 4. The van der Waals surface area contributed by atoms with Crippen molar-refractivity contribution in [1.82, 2.24) is 0 Å². The van der Waals surface area contributed by atoms with Crippen molar-refractivity contribution in [2.75, 3.05) is 30.9 Å². The smallest absolute Gasteiger partial charge is 0.315 e. The normalized spacial score (nSPS) is 17.8. The van der Waals surface area contributed by atoms with Gasteiger partial charge in [-0.3, -0.25) is 10.1 Å². The van der Waals surface area contributed by atoms with E-state index in [-0.39, 0.29) is 16.1 Å². The molecule has 0 spiro atoms. The van der Waals surface area contributed by atoms with Crippen LogP contribution in [0.2, 0.25) is 0 Å². The fourth-order valence-corrected chi connectivity index (χ4v) is 2.31. The van der Waals surface area contributed by atoms with Crippen molar-refractivity contribution < 1.29 is 9.66 Å². The molecule has 1 saturated heterocycles. The first-order valence-corrected chi connectivity index (χ1v) is 6.37. The lowest BCUT2D eigenvalue weighted by Gasteiger charge is -2.35. The fraction of sp³-hybridized carbons (Fsp3) is 0.538. The van der Waals surface area contributed by atoms with Gasteiger partial charge in [-0.25, -0.2) is 0 Å². The number of benzene rings is 1. The number of nitro groups is 1. The summed E-state index contributed by atoms with van der Waals surface area (Å²) in [4.78, 5) is 10.9. The molecular weight excluding hydrogens is 246 g/mol. The molecule has 6 heteroatoms. The topological polar surface area (TPSA) is 76.4 Å². The van der Waals surface area contributed by atoms with Crippen molar-refractivity contribution in [2.24, 2.45) is 0 Å². The lowest BCUT2D eigenvalue weighted by molar-refractivity contribution is -0.383. The number of para-hydroxylation sites is 1. The van der Waals surface area contributed by atoms with Crippen LogP contribution in [-0.2, 0) is 4.74 Å². The molecule has 0 bridgehead atoms. The summed E-state index contributed by atoms with van der Waals surface area (Å²) >= 11 is 0. The highest BCUT2D eigenvalue weighted by Crippen LogP contribution is 2.36. The average Bonchev–Trinajstić information content (AvgIpc) is 2.38. The van der Waals surface area contributed by atoms with Gasteiger partial charge in [-0.1, -0.05) is 6.07 Å². The Balaban J connectivity index is 2.31. The van der Waals surface area contributed by atoms with Crippen LogP contribution in [0.3, 0.4) is 0 Å². The van der Waals surface area contributed by atoms with Crippen molar-refractivity contribution in [2.45, 2.75) is 25.3 Å². The molecule has 2 N–H and O–H groups in total. The maximum atomic E-state index is 11.2. The maximum absolute atomic E-state index is 11.2. The molecule has 1 heterocycles. The minimum absolute atomic E-state index is 0.0951. The van der Waals surface area contributed by atoms with Gasteiger partial charge in [-0.2, -0.15) is 0 Å². The third-order valence-corrected chi connectivity index (χ3v) is 3.52. The molecule has 1 fully saturated rings. The number of ether oxygens (including phenoxy) is 1. The van der Waals surface area contributed by atoms with Crippen molar-refractivity contribution >= 4 is 17.1 Å². The van der Waals surface area contributed by atoms with Crippen LogP contribution in [0.15, 0.2) is 18.2 Å². The van der Waals surface area contributed by atoms with Gasteiger partial charge in [-0.15, -0.1) is 0 Å². The molecule has 0 aliphatic carbocycles. The van der Waals surface area contributed by atoms with E-state index in [1.54, 1.807) is 19.2 Å². The van der Waals surface area contributed by atoms with Gasteiger partial charge in [0.05, 0.1) is 4.92 Å². The average molecular weight is 265 g/mol. The molecule has 1 aromatic rings. The molecule has 104 valence electrons. The first kappa shape index (κ1) is 13.6. The lowest BCUT2D eigenvalue weighted by atomic mass is 9.92. The maximum Gasteiger partial charge on any atom is 0.315 e. The van der Waals surface area contributed by atoms with Gasteiger partial charge in [0.1, 0.15) is 11.4 Å². The fourth-order valence-electron chi connectivity index (χ4n) is 2.31. The van der Waals surface area contributed by atoms with Crippen LogP contribution in [0, 0.1) is 10.1 Å². The highest BCUT2D eigenvalue weighted by Gasteiger charge is 2.30. The Labute approximate surface area is 112 Å². The van der Waals surface area contributed by atoms with E-state index in [0.29, 0.717) is 24.6 Å². The number of nitrogens with zero attached hydrogens (tertiary/aromatic N) is 1. The van der Waals surface area contributed by atoms with E-state index in [0.717, 1.165) is 12.8 Å². The molecule has 6 nitrogen and oxygen atoms in total. The molecule has 0 unspecified atom stereocenters. The van der Waals surface area contributed by atoms with Crippen LogP contribution in [0.1, 0.15) is 19.8 Å². The molecule has 0 atom stereocenters. The summed E-state index contributed by atoms with van der Waals surface area (Å²) < 4.78 is 5.34. The Bertz CT molecular complexity index is 470. The highest BCUT2D eigenvalue weighted by molar-refractivity contribution is 5.76. The summed E-state index contributed by atoms with van der Waals surface area (Å²) in [5.41, 5.74) is 1.01. The van der Waals surface area contributed by atoms with E-state index in [1.165, 1.54) is 0 Å². The van der Waals surface area contributed by atoms with Crippen molar-refractivity contribution in [3.05, 3.63) is 28.3 Å². The minimum atomic E-state index is -0.350. The Morgan fingerprint density at radius 3 is 2.53 bits per heavy atom. The van der Waals surface area contributed by atoms with Gasteiger partial charge >= 0.3 is 5.69 Å². The minimum Gasteiger partial charge on any atom is -0.382 e. The predicted molar refractivity (Wildman–Crippen MR) is 74.7 cm³/mol. The predicted octanol–water partition coefficient (Wildman–Crippen LogP) is 2.62. The van der Waals surface area contributed by atoms with E-state index in [1.807, 2.05) is 6.07 Å². The first-order chi connectivity index (χ1) is 9.06. The summed E-state index contributed by atoms with van der Waals surface area (Å²) in [6.07, 6.45) is 1.68. The number of hydrogen-bond acceptors (Lipinski definition) is 5. The van der Waals surface area contributed by atoms with Crippen LogP contribution in [0.25, 0.3) is 0 Å². The second kappa shape index (κ2) is 5.44. The molecule has 0 saturated carbocycles. The third-order valence-electron chi connectivity index (χ3n) is 3.52. The molecule has 1 aliphatic rings. The monoisotopic (exact) mass is 265 g/mol. The second-order valence-corrected chi connectivity index (χ2v) is 5.01. The highest BCUT2D eigenvalue weighted by atomic mass is 16.6. The van der Waals surface area contributed by atoms with Gasteiger partial charge in [0.25, 0.3) is 0 Å². The third kappa shape index (κ3) is 2.96. The van der Waals surface area contributed by atoms with E-state index in [2.05, 4.69) is 17.6 Å². The Kier molecular flexibility index (Phi) is 3.90. The van der Waals surface area contributed by atoms with Crippen molar-refractivity contribution in [3.8, 4) is 0 Å². The number of anilines is 2. The molecule has 0 radical (unpaired) electrons. The first-order valence-electron chi connectivity index (χ1n) is 6.37. The van der Waals surface area contributed by atoms with Crippen LogP contribution in [-0.4, -0.2) is 30.7 Å². The van der Waals surface area contributed by atoms with E-state index < -0.39 is 0 Å².